The molecule has 0 radical (unpaired) electrons. The molecule has 5 nitrogen and oxygen atoms in total. The first-order chi connectivity index (χ1) is 11.9. The van der Waals surface area contributed by atoms with Crippen molar-refractivity contribution in [1.29, 1.82) is 0 Å². The van der Waals surface area contributed by atoms with Crippen LogP contribution < -0.4 is 5.32 Å². The summed E-state index contributed by atoms with van der Waals surface area (Å²) in [5.74, 6) is 0.513. The summed E-state index contributed by atoms with van der Waals surface area (Å²) in [4.78, 5) is 12.5. The van der Waals surface area contributed by atoms with Gasteiger partial charge in [0.1, 0.15) is 6.54 Å². The van der Waals surface area contributed by atoms with Gasteiger partial charge in [0, 0.05) is 11.3 Å². The van der Waals surface area contributed by atoms with Crippen LogP contribution in [0.2, 0.25) is 0 Å². The van der Waals surface area contributed by atoms with Gasteiger partial charge in [-0.1, -0.05) is 47.5 Å². The lowest BCUT2D eigenvalue weighted by Gasteiger charge is -2.11. The van der Waals surface area contributed by atoms with Gasteiger partial charge in [0.25, 0.3) is 0 Å². The molecule has 3 aromatic rings. The number of nitrogens with zero attached hydrogens (tertiary/aromatic N) is 2. The van der Waals surface area contributed by atoms with E-state index in [4.69, 9.17) is 12.2 Å². The number of anilines is 1. The van der Waals surface area contributed by atoms with Crippen LogP contribution in [0.5, 0.6) is 0 Å². The fourth-order valence-corrected chi connectivity index (χ4v) is 2.87. The van der Waals surface area contributed by atoms with E-state index in [9.17, 15) is 4.79 Å². The van der Waals surface area contributed by atoms with Gasteiger partial charge in [-0.2, -0.15) is 5.10 Å². The molecule has 1 aromatic heterocycles. The highest BCUT2D eigenvalue weighted by atomic mass is 32.1. The predicted molar refractivity (Wildman–Crippen MR) is 102 cm³/mol. The summed E-state index contributed by atoms with van der Waals surface area (Å²) in [5.41, 5.74) is 5.08. The second-order valence-corrected chi connectivity index (χ2v) is 6.56. The van der Waals surface area contributed by atoms with Crippen molar-refractivity contribution >= 4 is 23.8 Å². The third-order valence-electron chi connectivity index (χ3n) is 4.03. The van der Waals surface area contributed by atoms with Crippen LogP contribution in [0.1, 0.15) is 16.7 Å². The predicted octanol–water partition coefficient (Wildman–Crippen LogP) is 4.17. The van der Waals surface area contributed by atoms with Gasteiger partial charge in [0.15, 0.2) is 10.6 Å². The zero-order chi connectivity index (χ0) is 18.0. The number of H-pyrrole nitrogens is 1. The van der Waals surface area contributed by atoms with E-state index in [1.807, 2.05) is 63.2 Å². The van der Waals surface area contributed by atoms with E-state index in [1.165, 1.54) is 0 Å². The number of hydrogen-bond donors (Lipinski definition) is 2. The molecule has 0 aliphatic heterocycles. The van der Waals surface area contributed by atoms with E-state index in [0.717, 1.165) is 27.9 Å². The van der Waals surface area contributed by atoms with Crippen molar-refractivity contribution in [2.45, 2.75) is 27.3 Å². The average molecular weight is 352 g/mol. The molecule has 3 rings (SSSR count). The van der Waals surface area contributed by atoms with Crippen molar-refractivity contribution in [3.8, 4) is 11.4 Å². The summed E-state index contributed by atoms with van der Waals surface area (Å²) >= 11 is 5.29. The SMILES string of the molecule is Cc1ccc(-c2n[nH]c(=S)n2CC(=O)Nc2ccc(C)cc2C)cc1. The molecule has 0 saturated heterocycles. The topological polar surface area (TPSA) is 62.7 Å². The van der Waals surface area contributed by atoms with Crippen molar-refractivity contribution in [3.05, 3.63) is 63.9 Å². The molecule has 6 heteroatoms. The van der Waals surface area contributed by atoms with Crippen molar-refractivity contribution in [3.63, 3.8) is 0 Å². The largest absolute Gasteiger partial charge is 0.324 e. The molecule has 0 saturated carbocycles. The lowest BCUT2D eigenvalue weighted by Crippen LogP contribution is -2.20. The van der Waals surface area contributed by atoms with Crippen LogP contribution >= 0.6 is 12.2 Å². The standard InChI is InChI=1S/C19H20N4OS/c1-12-4-7-15(8-5-12)18-21-22-19(25)23(18)11-17(24)20-16-9-6-13(2)10-14(16)3/h4-10H,11H2,1-3H3,(H,20,24)(H,22,25). The number of nitrogens with one attached hydrogen (secondary N) is 2. The molecule has 128 valence electrons. The van der Waals surface area contributed by atoms with Gasteiger partial charge >= 0.3 is 0 Å². The van der Waals surface area contributed by atoms with Gasteiger partial charge in [0.05, 0.1) is 0 Å². The summed E-state index contributed by atoms with van der Waals surface area (Å²) in [6.07, 6.45) is 0. The minimum Gasteiger partial charge on any atom is -0.324 e. The number of benzene rings is 2. The second-order valence-electron chi connectivity index (χ2n) is 6.17. The first kappa shape index (κ1) is 17.1. The number of aromatic amines is 1. The number of carbonyl (C=O) groups excluding carboxylic acids is 1. The Morgan fingerprint density at radius 3 is 2.48 bits per heavy atom. The minimum atomic E-state index is -0.141. The Morgan fingerprint density at radius 2 is 1.80 bits per heavy atom. The molecule has 0 aliphatic rings. The molecule has 0 unspecified atom stereocenters. The molecule has 2 N–H and O–H groups in total. The molecule has 0 spiro atoms. The third-order valence-corrected chi connectivity index (χ3v) is 4.34. The maximum atomic E-state index is 12.5. The highest BCUT2D eigenvalue weighted by Gasteiger charge is 2.13. The maximum absolute atomic E-state index is 12.5. The lowest BCUT2D eigenvalue weighted by molar-refractivity contribution is -0.116. The van der Waals surface area contributed by atoms with Gasteiger partial charge in [-0.15, -0.1) is 0 Å². The Labute approximate surface area is 151 Å². The summed E-state index contributed by atoms with van der Waals surface area (Å²) in [6, 6.07) is 13.9. The number of hydrogen-bond acceptors (Lipinski definition) is 3. The Bertz CT molecular complexity index is 970. The highest BCUT2D eigenvalue weighted by Crippen LogP contribution is 2.19. The van der Waals surface area contributed by atoms with Crippen LogP contribution in [0.3, 0.4) is 0 Å². The fourth-order valence-electron chi connectivity index (χ4n) is 2.67. The van der Waals surface area contributed by atoms with Gasteiger partial charge < -0.3 is 5.32 Å². The van der Waals surface area contributed by atoms with Gasteiger partial charge in [-0.3, -0.25) is 14.5 Å². The summed E-state index contributed by atoms with van der Waals surface area (Å²) in [5, 5.41) is 9.99. The van der Waals surface area contributed by atoms with Crippen molar-refractivity contribution in [1.82, 2.24) is 14.8 Å². The Morgan fingerprint density at radius 1 is 1.12 bits per heavy atom. The van der Waals surface area contributed by atoms with Crippen molar-refractivity contribution < 1.29 is 4.79 Å². The van der Waals surface area contributed by atoms with Crippen LogP contribution in [-0.2, 0) is 11.3 Å². The first-order valence-corrected chi connectivity index (χ1v) is 8.44. The molecular weight excluding hydrogens is 332 g/mol. The Kier molecular flexibility index (Phi) is 4.81. The maximum Gasteiger partial charge on any atom is 0.244 e. The molecule has 0 bridgehead atoms. The number of amides is 1. The highest BCUT2D eigenvalue weighted by molar-refractivity contribution is 7.71. The zero-order valence-electron chi connectivity index (χ0n) is 14.5. The van der Waals surface area contributed by atoms with Crippen molar-refractivity contribution in [2.75, 3.05) is 5.32 Å². The van der Waals surface area contributed by atoms with Gasteiger partial charge in [0.2, 0.25) is 5.91 Å². The normalized spacial score (nSPS) is 10.7. The van der Waals surface area contributed by atoms with E-state index in [0.29, 0.717) is 10.6 Å². The van der Waals surface area contributed by atoms with E-state index < -0.39 is 0 Å². The van der Waals surface area contributed by atoms with Crippen LogP contribution in [0.4, 0.5) is 5.69 Å². The van der Waals surface area contributed by atoms with Crippen LogP contribution in [0.25, 0.3) is 11.4 Å². The number of aryl methyl sites for hydroxylation is 3. The van der Waals surface area contributed by atoms with E-state index in [1.54, 1.807) is 4.57 Å². The number of aromatic nitrogens is 3. The molecule has 1 heterocycles. The molecule has 25 heavy (non-hydrogen) atoms. The summed E-state index contributed by atoms with van der Waals surface area (Å²) in [7, 11) is 0. The molecular formula is C19H20N4OS. The number of carbonyl (C=O) groups is 1. The van der Waals surface area contributed by atoms with Crippen LogP contribution in [-0.4, -0.2) is 20.7 Å². The van der Waals surface area contributed by atoms with E-state index >= 15 is 0 Å². The minimum absolute atomic E-state index is 0.103. The van der Waals surface area contributed by atoms with Crippen molar-refractivity contribution in [2.24, 2.45) is 0 Å². The third kappa shape index (κ3) is 3.85. The Hall–Kier alpha value is -2.73. The number of rotatable bonds is 4. The van der Waals surface area contributed by atoms with Gasteiger partial charge in [-0.25, -0.2) is 0 Å². The van der Waals surface area contributed by atoms with Gasteiger partial charge in [-0.05, 0) is 44.6 Å². The van der Waals surface area contributed by atoms with E-state index in [-0.39, 0.29) is 12.5 Å². The molecule has 1 amide bonds. The average Bonchev–Trinajstić information content (AvgIpc) is 2.92. The molecule has 0 atom stereocenters. The first-order valence-electron chi connectivity index (χ1n) is 8.03. The Balaban J connectivity index is 1.83. The molecule has 2 aromatic carbocycles. The summed E-state index contributed by atoms with van der Waals surface area (Å²) in [6.45, 7) is 6.13. The quantitative estimate of drug-likeness (QED) is 0.693. The van der Waals surface area contributed by atoms with Crippen LogP contribution in [0.15, 0.2) is 42.5 Å². The lowest BCUT2D eigenvalue weighted by atomic mass is 10.1. The molecule has 0 aliphatic carbocycles. The molecule has 0 fully saturated rings. The van der Waals surface area contributed by atoms with E-state index in [2.05, 4.69) is 15.5 Å². The monoisotopic (exact) mass is 352 g/mol. The smallest absolute Gasteiger partial charge is 0.244 e. The van der Waals surface area contributed by atoms with Crippen LogP contribution in [0, 0.1) is 25.5 Å². The fraction of sp³-hybridized carbons (Fsp3) is 0.211. The zero-order valence-corrected chi connectivity index (χ0v) is 15.3. The second kappa shape index (κ2) is 7.03. The summed E-state index contributed by atoms with van der Waals surface area (Å²) < 4.78 is 2.13.